The molecule has 2 N–H and O–H groups in total. The van der Waals surface area contributed by atoms with E-state index in [2.05, 4.69) is 12.1 Å². The fourth-order valence-corrected chi connectivity index (χ4v) is 4.60. The molecule has 0 unspecified atom stereocenters. The molecule has 0 saturated heterocycles. The van der Waals surface area contributed by atoms with E-state index in [4.69, 9.17) is 15.5 Å². The van der Waals surface area contributed by atoms with Crippen LogP contribution in [-0.4, -0.2) is 12.1 Å². The number of nitrogens with two attached hydrogens (primary N) is 1. The molecule has 0 aliphatic heterocycles. The van der Waals surface area contributed by atoms with Gasteiger partial charge in [0.2, 0.25) is 0 Å². The minimum absolute atomic E-state index is 0.173. The molecular weight excluding hydrogens is 268 g/mol. The molecule has 0 bridgehead atoms. The van der Waals surface area contributed by atoms with Crippen molar-refractivity contribution in [3.63, 3.8) is 0 Å². The molecule has 1 heterocycles. The lowest BCUT2D eigenvalue weighted by Gasteiger charge is -2.20. The van der Waals surface area contributed by atoms with E-state index in [9.17, 15) is 0 Å². The Morgan fingerprint density at radius 2 is 2.10 bits per heavy atom. The van der Waals surface area contributed by atoms with Crippen LogP contribution in [0.4, 0.5) is 0 Å². The highest BCUT2D eigenvalue weighted by molar-refractivity contribution is 7.12. The summed E-state index contributed by atoms with van der Waals surface area (Å²) < 4.78 is 5.33. The molecule has 4 heteroatoms. The molecule has 0 atom stereocenters. The number of nitrogens with zero attached hydrogens (tertiary/aromatic N) is 1. The first kappa shape index (κ1) is 12.4. The van der Waals surface area contributed by atoms with Crippen LogP contribution in [0.3, 0.4) is 0 Å². The number of ether oxygens (including phenoxy) is 1. The van der Waals surface area contributed by atoms with Crippen molar-refractivity contribution in [2.75, 3.05) is 7.11 Å². The fourth-order valence-electron chi connectivity index (χ4n) is 3.34. The van der Waals surface area contributed by atoms with Gasteiger partial charge in [-0.1, -0.05) is 18.9 Å². The second-order valence-electron chi connectivity index (χ2n) is 5.85. The summed E-state index contributed by atoms with van der Waals surface area (Å²) in [7, 11) is 1.71. The molecule has 104 valence electrons. The lowest BCUT2D eigenvalue weighted by Crippen LogP contribution is -2.32. The van der Waals surface area contributed by atoms with E-state index < -0.39 is 0 Å². The Balaban J connectivity index is 1.78. The summed E-state index contributed by atoms with van der Waals surface area (Å²) >= 11 is 1.81. The molecule has 1 aromatic carbocycles. The average Bonchev–Trinajstić information content (AvgIpc) is 3.12. The van der Waals surface area contributed by atoms with Crippen LogP contribution in [0, 0.1) is 0 Å². The lowest BCUT2D eigenvalue weighted by molar-refractivity contribution is 0.415. The molecule has 20 heavy (non-hydrogen) atoms. The molecule has 1 saturated carbocycles. The van der Waals surface area contributed by atoms with Crippen molar-refractivity contribution < 1.29 is 4.74 Å². The maximum absolute atomic E-state index is 6.54. The van der Waals surface area contributed by atoms with E-state index in [-0.39, 0.29) is 5.54 Å². The lowest BCUT2D eigenvalue weighted by atomic mass is 10.0. The first-order valence-electron chi connectivity index (χ1n) is 7.16. The van der Waals surface area contributed by atoms with E-state index in [1.54, 1.807) is 7.11 Å². The summed E-state index contributed by atoms with van der Waals surface area (Å²) in [5.41, 5.74) is 10.1. The van der Waals surface area contributed by atoms with Crippen molar-refractivity contribution >= 4 is 11.3 Å². The topological polar surface area (TPSA) is 48.1 Å². The quantitative estimate of drug-likeness (QED) is 0.785. The number of benzene rings is 1. The first-order valence-corrected chi connectivity index (χ1v) is 7.98. The van der Waals surface area contributed by atoms with Gasteiger partial charge in [0, 0.05) is 16.9 Å². The van der Waals surface area contributed by atoms with Crippen LogP contribution in [0.1, 0.15) is 41.1 Å². The Bertz CT molecular complexity index is 671. The van der Waals surface area contributed by atoms with E-state index in [0.29, 0.717) is 0 Å². The van der Waals surface area contributed by atoms with Crippen molar-refractivity contribution in [2.24, 2.45) is 5.73 Å². The monoisotopic (exact) mass is 286 g/mol. The average molecular weight is 286 g/mol. The Kier molecular flexibility index (Phi) is 2.66. The van der Waals surface area contributed by atoms with Gasteiger partial charge >= 0.3 is 0 Å². The second-order valence-corrected chi connectivity index (χ2v) is 6.94. The van der Waals surface area contributed by atoms with Crippen molar-refractivity contribution in [3.05, 3.63) is 33.6 Å². The van der Waals surface area contributed by atoms with Gasteiger partial charge in [0.15, 0.2) is 0 Å². The van der Waals surface area contributed by atoms with Gasteiger partial charge in [-0.25, -0.2) is 4.98 Å². The third kappa shape index (κ3) is 1.71. The highest BCUT2D eigenvalue weighted by Gasteiger charge is 2.36. The Morgan fingerprint density at radius 1 is 1.30 bits per heavy atom. The zero-order valence-corrected chi connectivity index (χ0v) is 12.4. The molecule has 1 aromatic heterocycles. The molecule has 0 radical (unpaired) electrons. The number of hydrogen-bond donors (Lipinski definition) is 1. The van der Waals surface area contributed by atoms with Gasteiger partial charge in [0.25, 0.3) is 0 Å². The van der Waals surface area contributed by atoms with E-state index in [0.717, 1.165) is 35.7 Å². The largest absolute Gasteiger partial charge is 0.497 e. The summed E-state index contributed by atoms with van der Waals surface area (Å²) in [6.45, 7) is 0. The van der Waals surface area contributed by atoms with E-state index in [1.165, 1.54) is 28.8 Å². The standard InChI is InChI=1S/C16H18N2OS/c1-19-11-5-4-10-8-13-14(12(10)9-11)18-15(20-13)16(17)6-2-3-7-16/h4-5,9H,2-3,6-8,17H2,1H3. The predicted molar refractivity (Wildman–Crippen MR) is 81.2 cm³/mol. The minimum Gasteiger partial charge on any atom is -0.497 e. The summed E-state index contributed by atoms with van der Waals surface area (Å²) in [6.07, 6.45) is 5.59. The predicted octanol–water partition coefficient (Wildman–Crippen LogP) is 3.45. The van der Waals surface area contributed by atoms with Gasteiger partial charge in [-0.15, -0.1) is 11.3 Å². The van der Waals surface area contributed by atoms with Crippen LogP contribution in [0.15, 0.2) is 18.2 Å². The third-order valence-corrected chi connectivity index (χ3v) is 5.82. The number of methoxy groups -OCH3 is 1. The molecular formula is C16H18N2OS. The molecule has 2 aromatic rings. The molecule has 0 spiro atoms. The highest BCUT2D eigenvalue weighted by atomic mass is 32.1. The Hall–Kier alpha value is -1.39. The number of hydrogen-bond acceptors (Lipinski definition) is 4. The number of rotatable bonds is 2. The maximum Gasteiger partial charge on any atom is 0.119 e. The van der Waals surface area contributed by atoms with Gasteiger partial charge in [-0.3, -0.25) is 0 Å². The molecule has 0 amide bonds. The fraction of sp³-hybridized carbons (Fsp3) is 0.438. The van der Waals surface area contributed by atoms with Gasteiger partial charge in [0.1, 0.15) is 10.8 Å². The van der Waals surface area contributed by atoms with Crippen LogP contribution in [0.2, 0.25) is 0 Å². The van der Waals surface area contributed by atoms with E-state index in [1.807, 2.05) is 17.4 Å². The third-order valence-electron chi connectivity index (χ3n) is 4.54. The van der Waals surface area contributed by atoms with Crippen molar-refractivity contribution in [3.8, 4) is 17.0 Å². The number of thiazole rings is 1. The van der Waals surface area contributed by atoms with E-state index >= 15 is 0 Å². The van der Waals surface area contributed by atoms with Crippen molar-refractivity contribution in [1.82, 2.24) is 4.98 Å². The van der Waals surface area contributed by atoms with Crippen LogP contribution in [-0.2, 0) is 12.0 Å². The van der Waals surface area contributed by atoms with Crippen molar-refractivity contribution in [2.45, 2.75) is 37.6 Å². The summed E-state index contributed by atoms with van der Waals surface area (Å²) in [5, 5.41) is 1.13. The molecule has 1 fully saturated rings. The zero-order valence-electron chi connectivity index (χ0n) is 11.6. The number of aromatic nitrogens is 1. The van der Waals surface area contributed by atoms with Gasteiger partial charge < -0.3 is 10.5 Å². The first-order chi connectivity index (χ1) is 9.69. The summed E-state index contributed by atoms with van der Waals surface area (Å²) in [6, 6.07) is 6.27. The minimum atomic E-state index is -0.173. The second kappa shape index (κ2) is 4.30. The number of fused-ring (bicyclic) bond motifs is 3. The van der Waals surface area contributed by atoms with Crippen LogP contribution >= 0.6 is 11.3 Å². The summed E-state index contributed by atoms with van der Waals surface area (Å²) in [5.74, 6) is 0.898. The summed E-state index contributed by atoms with van der Waals surface area (Å²) in [4.78, 5) is 6.26. The van der Waals surface area contributed by atoms with Crippen LogP contribution in [0.5, 0.6) is 5.75 Å². The van der Waals surface area contributed by atoms with Gasteiger partial charge in [0.05, 0.1) is 18.3 Å². The van der Waals surface area contributed by atoms with Crippen LogP contribution < -0.4 is 10.5 Å². The van der Waals surface area contributed by atoms with Crippen LogP contribution in [0.25, 0.3) is 11.3 Å². The molecule has 3 nitrogen and oxygen atoms in total. The van der Waals surface area contributed by atoms with Gasteiger partial charge in [-0.05, 0) is 30.5 Å². The molecule has 2 aliphatic carbocycles. The maximum atomic E-state index is 6.54. The van der Waals surface area contributed by atoms with Gasteiger partial charge in [-0.2, -0.15) is 0 Å². The smallest absolute Gasteiger partial charge is 0.119 e. The highest BCUT2D eigenvalue weighted by Crippen LogP contribution is 2.45. The Labute approximate surface area is 122 Å². The molecule has 4 rings (SSSR count). The normalized spacial score (nSPS) is 18.9. The van der Waals surface area contributed by atoms with Crippen molar-refractivity contribution in [1.29, 1.82) is 0 Å². The Morgan fingerprint density at radius 3 is 2.85 bits per heavy atom. The SMILES string of the molecule is COc1ccc2c(c1)-c1nc(C3(N)CCCC3)sc1C2. The molecule has 2 aliphatic rings. The zero-order chi connectivity index (χ0) is 13.7.